The molecule has 2 aliphatic carbocycles. The Morgan fingerprint density at radius 1 is 0.841 bits per heavy atom. The Bertz CT molecular complexity index is 1310. The lowest BCUT2D eigenvalue weighted by molar-refractivity contribution is -0.113. The molecule has 2 aromatic heterocycles. The summed E-state index contributed by atoms with van der Waals surface area (Å²) in [5.41, 5.74) is 2.52. The van der Waals surface area contributed by atoms with Crippen molar-refractivity contribution in [3.63, 3.8) is 0 Å². The SMILES string of the molecule is C.C.C#Cc1c(N(C)N(C)C)sc2c1[C@@](C)(C=O)CCC2.CC.CC.CN(C)/C=N/c1sc2c(c1C#N)C(C)(C=O)CCC2. The van der Waals surface area contributed by atoms with E-state index in [-0.39, 0.29) is 14.9 Å². The Balaban J connectivity index is 0. The quantitative estimate of drug-likeness (QED) is 0.103. The van der Waals surface area contributed by atoms with Gasteiger partial charge in [0.15, 0.2) is 0 Å². The number of carbonyl (C=O) groups excluding carboxylic acids is 2. The Morgan fingerprint density at radius 2 is 1.30 bits per heavy atom. The number of nitrogens with zero attached hydrogens (tertiary/aromatic N) is 5. The summed E-state index contributed by atoms with van der Waals surface area (Å²) in [6, 6.07) is 2.24. The van der Waals surface area contributed by atoms with Crippen LogP contribution in [-0.4, -0.2) is 64.1 Å². The maximum atomic E-state index is 11.5. The van der Waals surface area contributed by atoms with E-state index >= 15 is 0 Å². The summed E-state index contributed by atoms with van der Waals surface area (Å²) in [5.74, 6) is 2.81. The van der Waals surface area contributed by atoms with Crippen molar-refractivity contribution in [3.05, 3.63) is 32.0 Å². The summed E-state index contributed by atoms with van der Waals surface area (Å²) < 4.78 is 0. The van der Waals surface area contributed by atoms with Crippen LogP contribution in [0.1, 0.15) is 114 Å². The maximum Gasteiger partial charge on any atom is 0.136 e. The maximum absolute atomic E-state index is 11.5. The zero-order chi connectivity index (χ0) is 32.3. The molecule has 0 saturated heterocycles. The normalized spacial score (nSPS) is 19.2. The van der Waals surface area contributed by atoms with Crippen LogP contribution in [-0.2, 0) is 33.3 Å². The van der Waals surface area contributed by atoms with Crippen LogP contribution in [0.25, 0.3) is 0 Å². The summed E-state index contributed by atoms with van der Waals surface area (Å²) in [6.45, 7) is 11.9. The second kappa shape index (κ2) is 19.4. The summed E-state index contributed by atoms with van der Waals surface area (Å²) >= 11 is 3.26. The van der Waals surface area contributed by atoms with Gasteiger partial charge in [0.25, 0.3) is 0 Å². The van der Waals surface area contributed by atoms with E-state index in [0.717, 1.165) is 82.7 Å². The van der Waals surface area contributed by atoms with Gasteiger partial charge in [-0.05, 0) is 63.5 Å². The van der Waals surface area contributed by atoms with Crippen molar-refractivity contribution in [3.8, 4) is 18.4 Å². The predicted molar refractivity (Wildman–Crippen MR) is 194 cm³/mol. The number of nitriles is 1. The predicted octanol–water partition coefficient (Wildman–Crippen LogP) is 8.39. The van der Waals surface area contributed by atoms with Gasteiger partial charge in [0.05, 0.1) is 28.3 Å². The fraction of sp³-hybridized carbons (Fsp3) is 0.600. The van der Waals surface area contributed by atoms with Gasteiger partial charge in [-0.25, -0.2) is 10.0 Å². The van der Waals surface area contributed by atoms with Crippen molar-refractivity contribution in [2.24, 2.45) is 4.99 Å². The lowest BCUT2D eigenvalue weighted by atomic mass is 9.73. The number of fused-ring (bicyclic) bond motifs is 2. The second-order valence-corrected chi connectivity index (χ2v) is 12.9. The van der Waals surface area contributed by atoms with Crippen molar-refractivity contribution in [2.45, 2.75) is 106 Å². The molecule has 0 fully saturated rings. The highest BCUT2D eigenvalue weighted by Crippen LogP contribution is 2.47. The van der Waals surface area contributed by atoms with Crippen LogP contribution in [0.15, 0.2) is 4.99 Å². The number of hydrogen-bond acceptors (Lipinski definition) is 8. The molecule has 0 aromatic carbocycles. The first-order chi connectivity index (χ1) is 20.0. The molecule has 0 saturated carbocycles. The number of terminal acetylenes is 1. The molecule has 2 aliphatic rings. The van der Waals surface area contributed by atoms with E-state index in [2.05, 4.69) is 17.0 Å². The van der Waals surface area contributed by atoms with E-state index in [9.17, 15) is 14.9 Å². The van der Waals surface area contributed by atoms with Gasteiger partial charge in [-0.15, -0.1) is 29.1 Å². The summed E-state index contributed by atoms with van der Waals surface area (Å²) in [6.07, 6.45) is 15.2. The molecule has 0 spiro atoms. The summed E-state index contributed by atoms with van der Waals surface area (Å²) in [4.78, 5) is 31.6. The average molecular weight is 644 g/mol. The molecule has 2 heterocycles. The van der Waals surface area contributed by atoms with Gasteiger partial charge in [0, 0.05) is 45.0 Å². The number of aliphatic imine (C=N–C) groups is 1. The number of aldehydes is 2. The van der Waals surface area contributed by atoms with Crippen LogP contribution in [0.2, 0.25) is 0 Å². The number of anilines is 1. The van der Waals surface area contributed by atoms with E-state index in [1.807, 2.05) is 91.7 Å². The van der Waals surface area contributed by atoms with E-state index in [1.54, 1.807) is 29.0 Å². The minimum Gasteiger partial charge on any atom is -0.369 e. The molecular weight excluding hydrogens is 587 g/mol. The molecule has 4 rings (SSSR count). The second-order valence-electron chi connectivity index (χ2n) is 10.8. The minimum absolute atomic E-state index is 0. The first kappa shape index (κ1) is 43.1. The molecule has 2 atom stereocenters. The van der Waals surface area contributed by atoms with Crippen molar-refractivity contribution < 1.29 is 9.59 Å². The molecule has 9 heteroatoms. The molecule has 0 bridgehead atoms. The van der Waals surface area contributed by atoms with Crippen LogP contribution in [0.5, 0.6) is 0 Å². The third-order valence-electron chi connectivity index (χ3n) is 7.34. The van der Waals surface area contributed by atoms with Crippen molar-refractivity contribution in [1.29, 1.82) is 5.26 Å². The van der Waals surface area contributed by atoms with Crippen LogP contribution in [0, 0.1) is 23.7 Å². The molecular formula is C35H57N5O2S2. The lowest BCUT2D eigenvalue weighted by Gasteiger charge is -2.29. The van der Waals surface area contributed by atoms with Crippen molar-refractivity contribution in [2.75, 3.05) is 40.2 Å². The zero-order valence-corrected chi connectivity index (χ0v) is 29.1. The van der Waals surface area contributed by atoms with Crippen LogP contribution in [0.3, 0.4) is 0 Å². The van der Waals surface area contributed by atoms with Gasteiger partial charge in [-0.3, -0.25) is 5.01 Å². The van der Waals surface area contributed by atoms with E-state index in [1.165, 1.54) is 4.88 Å². The van der Waals surface area contributed by atoms with Crippen LogP contribution in [0.4, 0.5) is 10.0 Å². The number of hydrazine groups is 1. The number of rotatable bonds is 6. The monoisotopic (exact) mass is 643 g/mol. The minimum atomic E-state index is -0.527. The smallest absolute Gasteiger partial charge is 0.136 e. The Labute approximate surface area is 276 Å². The highest BCUT2D eigenvalue weighted by molar-refractivity contribution is 7.16. The standard InChI is InChI=1S/C15H20N2OS.C14H17N3OS.2C2H6.2CH4/c1-6-11-13-12(8-7-9-15(13,2)10-18)19-14(11)17(5)16(3)4;1-14(8-18)6-4-5-11-12(14)10(7-15)13(19-11)16-9-17(2)3;2*1-2;;/h1,10H,7-9H2,2-5H3;8-9H,4-6H2,1-3H3;2*1-2H3;2*1H4/b;16-9+;;;;/t15-;;;;;/m1...../s1. The number of thiophene rings is 2. The van der Waals surface area contributed by atoms with E-state index < -0.39 is 10.8 Å². The largest absolute Gasteiger partial charge is 0.369 e. The number of aryl methyl sites for hydroxylation is 2. The number of hydrogen-bond donors (Lipinski definition) is 0. The molecule has 7 nitrogen and oxygen atoms in total. The molecule has 1 unspecified atom stereocenters. The Kier molecular flexibility index (Phi) is 19.0. The van der Waals surface area contributed by atoms with Gasteiger partial charge >= 0.3 is 0 Å². The molecule has 2 aromatic rings. The van der Waals surface area contributed by atoms with E-state index in [4.69, 9.17) is 6.42 Å². The topological polar surface area (TPSA) is 80.0 Å². The fourth-order valence-corrected chi connectivity index (χ4v) is 7.86. The molecule has 0 N–H and O–H groups in total. The van der Waals surface area contributed by atoms with Gasteiger partial charge in [-0.2, -0.15) is 5.26 Å². The third kappa shape index (κ3) is 9.27. The van der Waals surface area contributed by atoms with Gasteiger partial charge in [-0.1, -0.05) is 48.5 Å². The van der Waals surface area contributed by atoms with Crippen molar-refractivity contribution >= 4 is 51.6 Å². The lowest BCUT2D eigenvalue weighted by Crippen LogP contribution is -2.33. The summed E-state index contributed by atoms with van der Waals surface area (Å²) in [5, 5.41) is 15.2. The van der Waals surface area contributed by atoms with Gasteiger partial charge in [0.2, 0.25) is 0 Å². The number of carbonyl (C=O) groups is 2. The van der Waals surface area contributed by atoms with Gasteiger partial charge < -0.3 is 14.5 Å². The third-order valence-corrected chi connectivity index (χ3v) is 9.82. The molecule has 0 amide bonds. The van der Waals surface area contributed by atoms with Gasteiger partial charge in [0.1, 0.15) is 28.6 Å². The summed E-state index contributed by atoms with van der Waals surface area (Å²) in [7, 11) is 9.74. The first-order valence-electron chi connectivity index (χ1n) is 14.7. The van der Waals surface area contributed by atoms with Crippen LogP contribution < -0.4 is 5.01 Å². The molecule has 0 aliphatic heterocycles. The Hall–Kier alpha value is -2.98. The van der Waals surface area contributed by atoms with Crippen molar-refractivity contribution in [1.82, 2.24) is 9.91 Å². The highest BCUT2D eigenvalue weighted by Gasteiger charge is 2.38. The molecule has 246 valence electrons. The Morgan fingerprint density at radius 3 is 1.68 bits per heavy atom. The zero-order valence-electron chi connectivity index (χ0n) is 27.4. The first-order valence-corrected chi connectivity index (χ1v) is 16.3. The highest BCUT2D eigenvalue weighted by atomic mass is 32.1. The average Bonchev–Trinajstić information content (AvgIpc) is 3.57. The fourth-order valence-electron chi connectivity index (χ4n) is 5.11. The van der Waals surface area contributed by atoms with E-state index in [0.29, 0.717) is 5.56 Å². The molecule has 0 radical (unpaired) electrons. The molecule has 44 heavy (non-hydrogen) atoms. The van der Waals surface area contributed by atoms with Crippen LogP contribution >= 0.6 is 22.7 Å².